The molecule has 2 atom stereocenters. The highest BCUT2D eigenvalue weighted by Crippen LogP contribution is 2.37. The van der Waals surface area contributed by atoms with E-state index in [4.69, 9.17) is 9.47 Å². The van der Waals surface area contributed by atoms with Gasteiger partial charge in [-0.3, -0.25) is 0 Å². The van der Waals surface area contributed by atoms with Crippen molar-refractivity contribution in [2.45, 2.75) is 31.8 Å². The predicted octanol–water partition coefficient (Wildman–Crippen LogP) is 7.56. The Morgan fingerprint density at radius 3 is 2.00 bits per heavy atom. The minimum Gasteiger partial charge on any atom is -0.491 e. The number of ether oxygens (including phenoxy) is 2. The molecule has 34 heavy (non-hydrogen) atoms. The van der Waals surface area contributed by atoms with E-state index in [1.807, 2.05) is 0 Å². The first kappa shape index (κ1) is 24.0. The molecular weight excluding hydrogens is 451 g/mol. The maximum atomic E-state index is 15.0. The second-order valence-electron chi connectivity index (χ2n) is 8.08. The summed E-state index contributed by atoms with van der Waals surface area (Å²) < 4.78 is 84.2. The zero-order chi connectivity index (χ0) is 24.4. The van der Waals surface area contributed by atoms with Crippen molar-refractivity contribution in [3.63, 3.8) is 0 Å². The molecule has 0 saturated carbocycles. The van der Waals surface area contributed by atoms with Crippen molar-refractivity contribution in [3.8, 4) is 28.0 Å². The number of hydrogen-bond acceptors (Lipinski definition) is 2. The third kappa shape index (κ3) is 4.44. The van der Waals surface area contributed by atoms with Crippen LogP contribution >= 0.6 is 0 Å². The van der Waals surface area contributed by atoms with Crippen LogP contribution in [0.25, 0.3) is 22.3 Å². The van der Waals surface area contributed by atoms with E-state index in [1.54, 1.807) is 19.1 Å². The van der Waals surface area contributed by atoms with Crippen LogP contribution in [0.1, 0.15) is 31.2 Å². The zero-order valence-corrected chi connectivity index (χ0v) is 18.5. The molecule has 0 spiro atoms. The van der Waals surface area contributed by atoms with Crippen LogP contribution < -0.4 is 4.74 Å². The van der Waals surface area contributed by atoms with Gasteiger partial charge < -0.3 is 9.47 Å². The molecule has 1 heterocycles. The molecule has 3 aromatic rings. The molecule has 4 rings (SSSR count). The van der Waals surface area contributed by atoms with Gasteiger partial charge in [0.05, 0.1) is 19.3 Å². The number of halogens is 5. The van der Waals surface area contributed by atoms with Crippen molar-refractivity contribution in [1.29, 1.82) is 0 Å². The van der Waals surface area contributed by atoms with Gasteiger partial charge in [0.1, 0.15) is 5.82 Å². The summed E-state index contributed by atoms with van der Waals surface area (Å²) in [6.07, 6.45) is 3.26. The number of rotatable bonds is 6. The predicted molar refractivity (Wildman–Crippen MR) is 120 cm³/mol. The second-order valence-corrected chi connectivity index (χ2v) is 8.08. The fourth-order valence-electron chi connectivity index (χ4n) is 4.20. The van der Waals surface area contributed by atoms with E-state index in [2.05, 4.69) is 6.58 Å². The fraction of sp³-hybridized carbons (Fsp3) is 0.259. The van der Waals surface area contributed by atoms with Crippen LogP contribution in [0.3, 0.4) is 0 Å². The minimum absolute atomic E-state index is 0.0127. The molecule has 0 bridgehead atoms. The zero-order valence-electron chi connectivity index (χ0n) is 18.5. The lowest BCUT2D eigenvalue weighted by Gasteiger charge is -2.27. The molecule has 1 saturated heterocycles. The quantitative estimate of drug-likeness (QED) is 0.271. The molecule has 1 fully saturated rings. The van der Waals surface area contributed by atoms with E-state index in [1.165, 1.54) is 12.1 Å². The third-order valence-electron chi connectivity index (χ3n) is 6.05. The van der Waals surface area contributed by atoms with Gasteiger partial charge in [-0.05, 0) is 43.5 Å². The standard InChI is InChI=1S/C27H23F5O2/c1-3-17-7-5-16(14-34-17)15-6-8-18(22(28)13-15)19-9-10-20(25(30)24(19)29)21-11-12-23(33-4-2)27(32)26(21)31/h3,6,8-13,16-17H,1,4-5,7,14H2,2H3. The Hall–Kier alpha value is -3.19. The molecule has 1 aliphatic rings. The maximum Gasteiger partial charge on any atom is 0.201 e. The first-order chi connectivity index (χ1) is 16.3. The van der Waals surface area contributed by atoms with Gasteiger partial charge in [0.2, 0.25) is 5.82 Å². The van der Waals surface area contributed by atoms with E-state index in [9.17, 15) is 22.0 Å². The van der Waals surface area contributed by atoms with Crippen LogP contribution in [-0.4, -0.2) is 19.3 Å². The Morgan fingerprint density at radius 2 is 1.44 bits per heavy atom. The summed E-state index contributed by atoms with van der Waals surface area (Å²) >= 11 is 0. The Bertz CT molecular complexity index is 1220. The molecule has 0 radical (unpaired) electrons. The SMILES string of the molecule is C=CC1CCC(c2ccc(-c3ccc(-c4ccc(OCC)c(F)c4F)c(F)c3F)c(F)c2)CO1. The van der Waals surface area contributed by atoms with Gasteiger partial charge in [-0.15, -0.1) is 6.58 Å². The molecule has 0 N–H and O–H groups in total. The topological polar surface area (TPSA) is 18.5 Å². The van der Waals surface area contributed by atoms with E-state index in [0.29, 0.717) is 12.2 Å². The molecule has 2 unspecified atom stereocenters. The first-order valence-electron chi connectivity index (χ1n) is 11.0. The Kier molecular flexibility index (Phi) is 7.03. The van der Waals surface area contributed by atoms with Crippen LogP contribution in [0.2, 0.25) is 0 Å². The highest BCUT2D eigenvalue weighted by atomic mass is 19.2. The molecule has 3 aromatic carbocycles. The second kappa shape index (κ2) is 9.97. The largest absolute Gasteiger partial charge is 0.491 e. The van der Waals surface area contributed by atoms with Gasteiger partial charge in [-0.1, -0.05) is 30.3 Å². The Labute approximate surface area is 194 Å². The van der Waals surface area contributed by atoms with E-state index >= 15 is 0 Å². The third-order valence-corrected chi connectivity index (χ3v) is 6.05. The van der Waals surface area contributed by atoms with Crippen molar-refractivity contribution < 1.29 is 31.4 Å². The average molecular weight is 474 g/mol. The molecule has 0 amide bonds. The van der Waals surface area contributed by atoms with Gasteiger partial charge >= 0.3 is 0 Å². The number of benzene rings is 3. The van der Waals surface area contributed by atoms with Gasteiger partial charge in [-0.25, -0.2) is 17.6 Å². The smallest absolute Gasteiger partial charge is 0.201 e. The number of hydrogen-bond donors (Lipinski definition) is 0. The lowest BCUT2D eigenvalue weighted by molar-refractivity contribution is 0.0328. The monoisotopic (exact) mass is 474 g/mol. The molecule has 0 aromatic heterocycles. The lowest BCUT2D eigenvalue weighted by Crippen LogP contribution is -2.23. The van der Waals surface area contributed by atoms with E-state index in [0.717, 1.165) is 37.1 Å². The highest BCUT2D eigenvalue weighted by molar-refractivity contribution is 5.73. The van der Waals surface area contributed by atoms with Crippen LogP contribution in [0.15, 0.2) is 55.1 Å². The fourth-order valence-corrected chi connectivity index (χ4v) is 4.20. The lowest BCUT2D eigenvalue weighted by atomic mass is 9.89. The summed E-state index contributed by atoms with van der Waals surface area (Å²) in [6.45, 7) is 5.84. The molecule has 0 aliphatic carbocycles. The molecule has 7 heteroatoms. The summed E-state index contributed by atoms with van der Waals surface area (Å²) in [5.41, 5.74) is -0.689. The van der Waals surface area contributed by atoms with Crippen molar-refractivity contribution >= 4 is 0 Å². The van der Waals surface area contributed by atoms with Crippen LogP contribution in [0.5, 0.6) is 5.75 Å². The summed E-state index contributed by atoms with van der Waals surface area (Å²) in [5.74, 6) is -6.47. The van der Waals surface area contributed by atoms with Gasteiger partial charge in [0, 0.05) is 28.2 Å². The summed E-state index contributed by atoms with van der Waals surface area (Å²) in [4.78, 5) is 0. The van der Waals surface area contributed by atoms with Gasteiger partial charge in [0.25, 0.3) is 0 Å². The van der Waals surface area contributed by atoms with Gasteiger partial charge in [-0.2, -0.15) is 4.39 Å². The Morgan fingerprint density at radius 1 is 0.853 bits per heavy atom. The highest BCUT2D eigenvalue weighted by Gasteiger charge is 2.25. The molecule has 1 aliphatic heterocycles. The van der Waals surface area contributed by atoms with Crippen molar-refractivity contribution in [2.75, 3.05) is 13.2 Å². The summed E-state index contributed by atoms with van der Waals surface area (Å²) in [7, 11) is 0. The van der Waals surface area contributed by atoms with Crippen LogP contribution in [0.4, 0.5) is 22.0 Å². The van der Waals surface area contributed by atoms with Crippen molar-refractivity contribution in [1.82, 2.24) is 0 Å². The van der Waals surface area contributed by atoms with E-state index < -0.39 is 40.2 Å². The first-order valence-corrected chi connectivity index (χ1v) is 11.0. The summed E-state index contributed by atoms with van der Waals surface area (Å²) in [5, 5.41) is 0. The van der Waals surface area contributed by atoms with E-state index in [-0.39, 0.29) is 35.5 Å². The van der Waals surface area contributed by atoms with Crippen molar-refractivity contribution in [2.24, 2.45) is 0 Å². The maximum absolute atomic E-state index is 15.0. The molecular formula is C27H23F5O2. The normalized spacial score (nSPS) is 18.1. The van der Waals surface area contributed by atoms with Crippen LogP contribution in [0, 0.1) is 29.1 Å². The average Bonchev–Trinajstić information content (AvgIpc) is 2.85. The Balaban J connectivity index is 1.65. The van der Waals surface area contributed by atoms with Crippen LogP contribution in [-0.2, 0) is 4.74 Å². The molecule has 2 nitrogen and oxygen atoms in total. The minimum atomic E-state index is -1.40. The van der Waals surface area contributed by atoms with Crippen molar-refractivity contribution in [3.05, 3.63) is 89.8 Å². The summed E-state index contributed by atoms with van der Waals surface area (Å²) in [6, 6.07) is 8.85. The molecule has 178 valence electrons. The van der Waals surface area contributed by atoms with Gasteiger partial charge in [0.15, 0.2) is 23.2 Å².